The van der Waals surface area contributed by atoms with Crippen molar-refractivity contribution in [2.24, 2.45) is 0 Å². The molecule has 2 aliphatic rings. The number of carbonyl (C=O) groups excluding carboxylic acids is 1. The first-order valence-corrected chi connectivity index (χ1v) is 11.5. The quantitative estimate of drug-likeness (QED) is 0.660. The highest BCUT2D eigenvalue weighted by Crippen LogP contribution is 2.39. The highest BCUT2D eigenvalue weighted by Gasteiger charge is 2.40. The Morgan fingerprint density at radius 1 is 1.00 bits per heavy atom. The van der Waals surface area contributed by atoms with Crippen LogP contribution in [0.1, 0.15) is 15.9 Å². The van der Waals surface area contributed by atoms with Crippen LogP contribution in [0.4, 0.5) is 13.2 Å². The molecule has 2 aliphatic heterocycles. The summed E-state index contributed by atoms with van der Waals surface area (Å²) < 4.78 is 77.5. The van der Waals surface area contributed by atoms with E-state index < -0.39 is 32.6 Å². The van der Waals surface area contributed by atoms with Crippen molar-refractivity contribution in [3.63, 3.8) is 0 Å². The number of fused-ring (bicyclic) bond motifs is 1. The van der Waals surface area contributed by atoms with E-state index in [0.29, 0.717) is 24.7 Å². The maximum absolute atomic E-state index is 13.3. The summed E-state index contributed by atoms with van der Waals surface area (Å²) >= 11 is 6.18. The van der Waals surface area contributed by atoms with E-state index in [9.17, 15) is 26.4 Å². The number of halogens is 4. The summed E-state index contributed by atoms with van der Waals surface area (Å²) in [6.45, 7) is 0.401. The molecular weight excluding hydrogens is 473 g/mol. The van der Waals surface area contributed by atoms with Crippen LogP contribution in [0.15, 0.2) is 41.3 Å². The number of amides is 1. The van der Waals surface area contributed by atoms with Crippen LogP contribution in [0.25, 0.3) is 0 Å². The predicted molar refractivity (Wildman–Crippen MR) is 109 cm³/mol. The fourth-order valence-corrected chi connectivity index (χ4v) is 5.51. The minimum absolute atomic E-state index is 0.0122. The van der Waals surface area contributed by atoms with E-state index in [4.69, 9.17) is 21.1 Å². The van der Waals surface area contributed by atoms with Crippen LogP contribution in [0, 0.1) is 0 Å². The molecule has 2 heterocycles. The Hall–Kier alpha value is -2.50. The largest absolute Gasteiger partial charge is 0.486 e. The number of hydrogen-bond acceptors (Lipinski definition) is 5. The lowest BCUT2D eigenvalue weighted by Crippen LogP contribution is -2.50. The second-order valence-corrected chi connectivity index (χ2v) is 9.49. The van der Waals surface area contributed by atoms with Gasteiger partial charge in [0.1, 0.15) is 13.2 Å². The summed E-state index contributed by atoms with van der Waals surface area (Å²) in [5, 5.41) is 0.218. The van der Waals surface area contributed by atoms with Crippen molar-refractivity contribution in [1.82, 2.24) is 9.21 Å². The number of sulfonamides is 1. The van der Waals surface area contributed by atoms with Gasteiger partial charge in [-0.1, -0.05) is 23.7 Å². The topological polar surface area (TPSA) is 76.2 Å². The van der Waals surface area contributed by atoms with Gasteiger partial charge in [0.2, 0.25) is 10.0 Å². The van der Waals surface area contributed by atoms with Gasteiger partial charge in [-0.15, -0.1) is 0 Å². The zero-order valence-corrected chi connectivity index (χ0v) is 18.1. The second kappa shape index (κ2) is 8.45. The van der Waals surface area contributed by atoms with Gasteiger partial charge in [0.25, 0.3) is 5.91 Å². The Morgan fingerprint density at radius 3 is 2.34 bits per heavy atom. The predicted octanol–water partition coefficient (Wildman–Crippen LogP) is 3.28. The van der Waals surface area contributed by atoms with Crippen LogP contribution >= 0.6 is 11.6 Å². The molecular formula is C20H18ClF3N2O5S. The van der Waals surface area contributed by atoms with Crippen LogP contribution in [0.3, 0.4) is 0 Å². The highest BCUT2D eigenvalue weighted by atomic mass is 35.5. The van der Waals surface area contributed by atoms with Crippen molar-refractivity contribution < 1.29 is 35.9 Å². The fourth-order valence-electron chi connectivity index (χ4n) is 3.61. The lowest BCUT2D eigenvalue weighted by Gasteiger charge is -2.34. The zero-order chi connectivity index (χ0) is 23.1. The summed E-state index contributed by atoms with van der Waals surface area (Å²) in [6.07, 6.45) is -4.81. The number of benzene rings is 2. The Balaban J connectivity index is 1.50. The first kappa shape index (κ1) is 22.7. The zero-order valence-electron chi connectivity index (χ0n) is 16.6. The molecule has 0 saturated carbocycles. The monoisotopic (exact) mass is 490 g/mol. The molecule has 0 bridgehead atoms. The first-order chi connectivity index (χ1) is 15.1. The maximum Gasteiger partial charge on any atom is 0.417 e. The molecule has 32 heavy (non-hydrogen) atoms. The number of nitrogens with zero attached hydrogens (tertiary/aromatic N) is 2. The Labute approximate surface area is 187 Å². The number of rotatable bonds is 3. The summed E-state index contributed by atoms with van der Waals surface area (Å²) in [6, 6.07) is 7.00. The second-order valence-electron chi connectivity index (χ2n) is 7.17. The molecule has 172 valence electrons. The average molecular weight is 491 g/mol. The van der Waals surface area contributed by atoms with E-state index in [-0.39, 0.29) is 36.8 Å². The summed E-state index contributed by atoms with van der Waals surface area (Å²) in [4.78, 5) is 13.5. The molecule has 2 aromatic rings. The summed E-state index contributed by atoms with van der Waals surface area (Å²) in [7, 11) is -4.39. The van der Waals surface area contributed by atoms with E-state index >= 15 is 0 Å². The standard InChI is InChI=1S/C20H18ClF3N2O5S/c21-15-11-13(12-16-18(15)31-10-9-30-16)19(27)25-5-7-26(8-6-25)32(28,29)17-4-2-1-3-14(17)20(22,23)24/h1-4,11-12H,5-10H2. The van der Waals surface area contributed by atoms with Gasteiger partial charge in [-0.25, -0.2) is 8.42 Å². The molecule has 0 aliphatic carbocycles. The minimum atomic E-state index is -4.81. The molecule has 0 aromatic heterocycles. The molecule has 1 fully saturated rings. The van der Waals surface area contributed by atoms with E-state index in [1.165, 1.54) is 23.1 Å². The minimum Gasteiger partial charge on any atom is -0.486 e. The Morgan fingerprint density at radius 2 is 1.66 bits per heavy atom. The summed E-state index contributed by atoms with van der Waals surface area (Å²) in [5.74, 6) is 0.308. The molecule has 2 aromatic carbocycles. The van der Waals surface area contributed by atoms with Crippen molar-refractivity contribution in [2.75, 3.05) is 39.4 Å². The van der Waals surface area contributed by atoms with Crippen molar-refractivity contribution >= 4 is 27.5 Å². The molecule has 0 unspecified atom stereocenters. The van der Waals surface area contributed by atoms with E-state index in [1.807, 2.05) is 0 Å². The van der Waals surface area contributed by atoms with Crippen LogP contribution in [-0.4, -0.2) is 62.9 Å². The first-order valence-electron chi connectivity index (χ1n) is 9.64. The smallest absolute Gasteiger partial charge is 0.417 e. The molecule has 7 nitrogen and oxygen atoms in total. The van der Waals surface area contributed by atoms with Gasteiger partial charge in [-0.05, 0) is 24.3 Å². The van der Waals surface area contributed by atoms with Gasteiger partial charge in [-0.3, -0.25) is 4.79 Å². The Bertz CT molecular complexity index is 1150. The molecule has 0 radical (unpaired) electrons. The average Bonchev–Trinajstić information content (AvgIpc) is 2.78. The lowest BCUT2D eigenvalue weighted by atomic mass is 10.1. The van der Waals surface area contributed by atoms with Crippen molar-refractivity contribution in [3.05, 3.63) is 52.5 Å². The number of piperazine rings is 1. The van der Waals surface area contributed by atoms with Gasteiger partial charge in [0.05, 0.1) is 15.5 Å². The third-order valence-electron chi connectivity index (χ3n) is 5.18. The van der Waals surface area contributed by atoms with Crippen LogP contribution in [0.5, 0.6) is 11.5 Å². The van der Waals surface area contributed by atoms with Gasteiger partial charge in [-0.2, -0.15) is 17.5 Å². The normalized spacial score (nSPS) is 17.3. The van der Waals surface area contributed by atoms with Gasteiger partial charge in [0, 0.05) is 31.7 Å². The van der Waals surface area contributed by atoms with Gasteiger partial charge < -0.3 is 14.4 Å². The molecule has 1 amide bonds. The SMILES string of the molecule is O=C(c1cc(Cl)c2c(c1)OCCO2)N1CCN(S(=O)(=O)c2ccccc2C(F)(F)F)CC1. The van der Waals surface area contributed by atoms with Crippen LogP contribution in [0.2, 0.25) is 5.02 Å². The van der Waals surface area contributed by atoms with Crippen LogP contribution in [-0.2, 0) is 16.2 Å². The van der Waals surface area contributed by atoms with E-state index in [0.717, 1.165) is 22.5 Å². The third-order valence-corrected chi connectivity index (χ3v) is 7.42. The number of hydrogen-bond donors (Lipinski definition) is 0. The molecule has 0 N–H and O–H groups in total. The van der Waals surface area contributed by atoms with Crippen LogP contribution < -0.4 is 9.47 Å². The number of carbonyl (C=O) groups is 1. The molecule has 0 spiro atoms. The number of ether oxygens (including phenoxy) is 2. The molecule has 12 heteroatoms. The molecule has 4 rings (SSSR count). The van der Waals surface area contributed by atoms with Gasteiger partial charge in [0.15, 0.2) is 11.5 Å². The third kappa shape index (κ3) is 4.24. The fraction of sp³-hybridized carbons (Fsp3) is 0.350. The lowest BCUT2D eigenvalue weighted by molar-refractivity contribution is -0.139. The van der Waals surface area contributed by atoms with E-state index in [2.05, 4.69) is 0 Å². The highest BCUT2D eigenvalue weighted by molar-refractivity contribution is 7.89. The molecule has 1 saturated heterocycles. The molecule has 0 atom stereocenters. The number of alkyl halides is 3. The maximum atomic E-state index is 13.3. The van der Waals surface area contributed by atoms with E-state index in [1.54, 1.807) is 0 Å². The Kier molecular flexibility index (Phi) is 5.99. The van der Waals surface area contributed by atoms with Gasteiger partial charge >= 0.3 is 6.18 Å². The van der Waals surface area contributed by atoms with Crippen molar-refractivity contribution in [3.8, 4) is 11.5 Å². The van der Waals surface area contributed by atoms with Crippen molar-refractivity contribution in [2.45, 2.75) is 11.1 Å². The van der Waals surface area contributed by atoms with Crippen molar-refractivity contribution in [1.29, 1.82) is 0 Å². The summed E-state index contributed by atoms with van der Waals surface area (Å²) in [5.41, 5.74) is -0.970.